The largest absolute Gasteiger partial charge is 0.454 e. The Morgan fingerprint density at radius 2 is 1.29 bits per heavy atom. The fraction of sp³-hybridized carbons (Fsp3) is 0.125. The summed E-state index contributed by atoms with van der Waals surface area (Å²) < 4.78 is 24.8. The van der Waals surface area contributed by atoms with Gasteiger partial charge in [0.25, 0.3) is 0 Å². The fourth-order valence-corrected chi connectivity index (χ4v) is 6.96. The number of carbonyl (C=O) groups excluding carboxylic acids is 3. The summed E-state index contributed by atoms with van der Waals surface area (Å²) in [6.45, 7) is 2.56. The molecule has 35 heavy (non-hydrogen) atoms. The minimum atomic E-state index is -1.41. The van der Waals surface area contributed by atoms with Crippen LogP contribution in [-0.2, 0) is 19.9 Å². The van der Waals surface area contributed by atoms with Gasteiger partial charge in [-0.1, -0.05) is 18.2 Å². The van der Waals surface area contributed by atoms with Gasteiger partial charge in [-0.05, 0) is 81.9 Å². The molecule has 0 radical (unpaired) electrons. The number of carbonyl (C=O) groups is 3. The van der Waals surface area contributed by atoms with Crippen LogP contribution in [0.5, 0.6) is 23.0 Å². The van der Waals surface area contributed by atoms with Crippen molar-refractivity contribution in [1.82, 2.24) is 0 Å². The Morgan fingerprint density at radius 3 is 1.77 bits per heavy atom. The molecule has 1 spiro atoms. The highest BCUT2D eigenvalue weighted by molar-refractivity contribution is 9.11. The fourth-order valence-electron chi connectivity index (χ4n) is 4.23. The zero-order chi connectivity index (χ0) is 25.2. The molecule has 0 bridgehead atoms. The normalized spacial score (nSPS) is 14.4. The Balaban J connectivity index is 1.90. The number of ether oxygens (including phenoxy) is 4. The quantitative estimate of drug-likeness (QED) is 0.204. The Hall–Kier alpha value is -2.21. The Labute approximate surface area is 232 Å². The smallest absolute Gasteiger partial charge is 0.340 e. The van der Waals surface area contributed by atoms with Crippen molar-refractivity contribution in [3.8, 4) is 23.0 Å². The Kier molecular flexibility index (Phi) is 6.10. The summed E-state index contributed by atoms with van der Waals surface area (Å²) in [5, 5.41) is 0. The van der Waals surface area contributed by atoms with Gasteiger partial charge in [0.05, 0.1) is 25.6 Å². The zero-order valence-electron chi connectivity index (χ0n) is 17.8. The van der Waals surface area contributed by atoms with Crippen LogP contribution in [0.15, 0.2) is 54.3 Å². The molecule has 2 heterocycles. The molecular weight excluding hydrogens is 720 g/mol. The topological polar surface area (TPSA) is 88.1 Å². The van der Waals surface area contributed by atoms with Gasteiger partial charge in [-0.2, -0.15) is 0 Å². The van der Waals surface area contributed by atoms with E-state index in [0.29, 0.717) is 40.1 Å². The monoisotopic (exact) mass is 728 g/mol. The van der Waals surface area contributed by atoms with E-state index in [4.69, 9.17) is 18.9 Å². The molecule has 0 saturated carbocycles. The standard InChI is InChI=1S/C24H12Br4O7/c1-9(29)32-21-15(25)7-13-19(17(21)27)34-20-14(8-16(26)22(18(20)28)33-10(2)30)24(13)12-6-4-3-5-11(12)23(31)35-24/h3-8H,1-2H3. The molecule has 0 aromatic heterocycles. The summed E-state index contributed by atoms with van der Waals surface area (Å²) in [6, 6.07) is 10.5. The number of hydrogen-bond acceptors (Lipinski definition) is 7. The second-order valence-corrected chi connectivity index (χ2v) is 11.0. The average molecular weight is 732 g/mol. The molecule has 5 rings (SSSR count). The van der Waals surface area contributed by atoms with Crippen LogP contribution in [0.2, 0.25) is 0 Å². The maximum Gasteiger partial charge on any atom is 0.340 e. The molecule has 11 heteroatoms. The zero-order valence-corrected chi connectivity index (χ0v) is 24.2. The minimum Gasteiger partial charge on any atom is -0.454 e. The molecule has 2 aliphatic rings. The number of rotatable bonds is 2. The summed E-state index contributed by atoms with van der Waals surface area (Å²) in [6.07, 6.45) is 0. The number of fused-ring (bicyclic) bond motifs is 6. The second-order valence-electron chi connectivity index (χ2n) is 7.66. The summed E-state index contributed by atoms with van der Waals surface area (Å²) >= 11 is 13.9. The first-order valence-electron chi connectivity index (χ1n) is 9.98. The predicted molar refractivity (Wildman–Crippen MR) is 138 cm³/mol. The molecule has 0 N–H and O–H groups in total. The van der Waals surface area contributed by atoms with Gasteiger partial charge >= 0.3 is 17.9 Å². The van der Waals surface area contributed by atoms with Crippen molar-refractivity contribution in [1.29, 1.82) is 0 Å². The maximum absolute atomic E-state index is 13.1. The van der Waals surface area contributed by atoms with Gasteiger partial charge in [-0.25, -0.2) is 4.79 Å². The lowest BCUT2D eigenvalue weighted by Gasteiger charge is -2.38. The molecule has 0 amide bonds. The van der Waals surface area contributed by atoms with Crippen molar-refractivity contribution in [3.05, 3.63) is 76.5 Å². The van der Waals surface area contributed by atoms with E-state index in [1.54, 1.807) is 24.3 Å². The highest BCUT2D eigenvalue weighted by atomic mass is 79.9. The third-order valence-electron chi connectivity index (χ3n) is 5.49. The molecule has 3 aromatic rings. The van der Waals surface area contributed by atoms with Crippen molar-refractivity contribution in [3.63, 3.8) is 0 Å². The molecule has 0 atom stereocenters. The van der Waals surface area contributed by atoms with Crippen molar-refractivity contribution in [2.75, 3.05) is 0 Å². The van der Waals surface area contributed by atoms with Crippen molar-refractivity contribution in [2.24, 2.45) is 0 Å². The van der Waals surface area contributed by atoms with Crippen LogP contribution < -0.4 is 14.2 Å². The van der Waals surface area contributed by atoms with E-state index in [1.165, 1.54) is 13.8 Å². The van der Waals surface area contributed by atoms with E-state index < -0.39 is 23.5 Å². The molecule has 3 aromatic carbocycles. The van der Waals surface area contributed by atoms with Gasteiger partial charge in [-0.3, -0.25) is 9.59 Å². The van der Waals surface area contributed by atoms with E-state index >= 15 is 0 Å². The Bertz CT molecular complexity index is 1400. The van der Waals surface area contributed by atoms with Gasteiger partial charge in [0.1, 0.15) is 8.95 Å². The molecule has 0 unspecified atom stereocenters. The van der Waals surface area contributed by atoms with Gasteiger partial charge in [-0.15, -0.1) is 0 Å². The van der Waals surface area contributed by atoms with E-state index in [0.717, 1.165) is 0 Å². The molecule has 0 aliphatic carbocycles. The lowest BCUT2D eigenvalue weighted by atomic mass is 9.77. The summed E-state index contributed by atoms with van der Waals surface area (Å²) in [5.41, 5.74) is 0.595. The number of benzene rings is 3. The highest BCUT2D eigenvalue weighted by Gasteiger charge is 2.55. The van der Waals surface area contributed by atoms with Crippen LogP contribution in [0, 0.1) is 0 Å². The lowest BCUT2D eigenvalue weighted by Crippen LogP contribution is -2.33. The summed E-state index contributed by atoms with van der Waals surface area (Å²) in [5.74, 6) is -0.653. The third kappa shape index (κ3) is 3.66. The first-order valence-corrected chi connectivity index (χ1v) is 13.2. The van der Waals surface area contributed by atoms with Gasteiger partial charge in [0.2, 0.25) is 0 Å². The number of halogens is 4. The highest BCUT2D eigenvalue weighted by Crippen LogP contribution is 2.62. The molecule has 178 valence electrons. The van der Waals surface area contributed by atoms with Crippen molar-refractivity contribution < 1.29 is 33.3 Å². The first kappa shape index (κ1) is 24.5. The van der Waals surface area contributed by atoms with Gasteiger partial charge in [0.15, 0.2) is 28.6 Å². The number of hydrogen-bond donors (Lipinski definition) is 0. The number of esters is 3. The summed E-state index contributed by atoms with van der Waals surface area (Å²) in [7, 11) is 0. The maximum atomic E-state index is 13.1. The van der Waals surface area contributed by atoms with Crippen molar-refractivity contribution in [2.45, 2.75) is 19.4 Å². The van der Waals surface area contributed by atoms with E-state index in [1.807, 2.05) is 12.1 Å². The van der Waals surface area contributed by atoms with Crippen LogP contribution in [0.1, 0.15) is 40.9 Å². The van der Waals surface area contributed by atoms with E-state index in [9.17, 15) is 14.4 Å². The Morgan fingerprint density at radius 1 is 0.800 bits per heavy atom. The predicted octanol–water partition coefficient (Wildman–Crippen LogP) is 7.16. The van der Waals surface area contributed by atoms with Crippen LogP contribution in [0.3, 0.4) is 0 Å². The molecular formula is C24H12Br4O7. The minimum absolute atomic E-state index is 0.195. The van der Waals surface area contributed by atoms with Crippen molar-refractivity contribution >= 4 is 81.6 Å². The average Bonchev–Trinajstić information content (AvgIpc) is 3.09. The van der Waals surface area contributed by atoms with E-state index in [-0.39, 0.29) is 23.0 Å². The van der Waals surface area contributed by atoms with Gasteiger partial charge < -0.3 is 18.9 Å². The summed E-state index contributed by atoms with van der Waals surface area (Å²) in [4.78, 5) is 36.6. The third-order valence-corrected chi connectivity index (χ3v) is 8.11. The van der Waals surface area contributed by atoms with E-state index in [2.05, 4.69) is 63.7 Å². The van der Waals surface area contributed by atoms with Crippen LogP contribution >= 0.6 is 63.7 Å². The second kappa shape index (κ2) is 8.72. The van der Waals surface area contributed by atoms with Crippen LogP contribution in [-0.4, -0.2) is 17.9 Å². The van der Waals surface area contributed by atoms with Crippen LogP contribution in [0.4, 0.5) is 0 Å². The SMILES string of the molecule is CC(=O)Oc1c(Br)cc2c(c1Br)Oc1c(cc(Br)c(OC(C)=O)c1Br)C21OC(=O)c2ccccc21. The van der Waals surface area contributed by atoms with Crippen LogP contribution in [0.25, 0.3) is 0 Å². The molecule has 0 fully saturated rings. The van der Waals surface area contributed by atoms with Gasteiger partial charge in [0, 0.05) is 19.4 Å². The first-order chi connectivity index (χ1) is 16.6. The molecule has 0 saturated heterocycles. The molecule has 2 aliphatic heterocycles. The lowest BCUT2D eigenvalue weighted by molar-refractivity contribution is -0.132. The molecule has 7 nitrogen and oxygen atoms in total.